The van der Waals surface area contributed by atoms with Crippen LogP contribution < -0.4 is 0 Å². The van der Waals surface area contributed by atoms with Crippen molar-refractivity contribution in [3.63, 3.8) is 0 Å². The van der Waals surface area contributed by atoms with Crippen LogP contribution in [0.25, 0.3) is 0 Å². The third kappa shape index (κ3) is 13.8. The van der Waals surface area contributed by atoms with Crippen molar-refractivity contribution < 1.29 is 47.5 Å². The second kappa shape index (κ2) is 24.0. The van der Waals surface area contributed by atoms with Crippen molar-refractivity contribution in [2.45, 2.75) is 5.60 Å². The van der Waals surface area contributed by atoms with Crippen molar-refractivity contribution in [2.24, 2.45) is 0 Å². The van der Waals surface area contributed by atoms with Crippen LogP contribution in [0, 0.1) is 0 Å². The molecule has 0 saturated carbocycles. The lowest BCUT2D eigenvalue weighted by atomic mass is 9.80. The Morgan fingerprint density at radius 1 is 0.373 bits per heavy atom. The average molecular weight is 701 g/mol. The van der Waals surface area contributed by atoms with Crippen LogP contribution in [0.1, 0.15) is 27.0 Å². The minimum absolute atomic E-state index is 0.00396. The zero-order valence-corrected chi connectivity index (χ0v) is 29.0. The summed E-state index contributed by atoms with van der Waals surface area (Å²) in [6, 6.07) is 39.1. The summed E-state index contributed by atoms with van der Waals surface area (Å²) in [7, 11) is 0. The molecular formula is C41H48O10. The summed E-state index contributed by atoms with van der Waals surface area (Å²) in [5, 5.41) is 0. The highest BCUT2D eigenvalue weighted by molar-refractivity contribution is 6.40. The fraction of sp³-hybridized carbons (Fsp3) is 0.366. The standard InChI is InChI=1S/C41H48O10/c42-39(35-13-5-1-6-14-35)40(43)50-33-31-48-29-27-46-25-23-44-21-22-45-24-26-47-28-30-49-32-34-51-41(36-15-7-2-8-16-36,37-17-9-3-10-18-37)38-19-11-4-12-20-38/h1-20H,21-34H2. The zero-order chi connectivity index (χ0) is 35.7. The van der Waals surface area contributed by atoms with E-state index in [1.165, 1.54) is 0 Å². The largest absolute Gasteiger partial charge is 0.457 e. The van der Waals surface area contributed by atoms with Crippen molar-refractivity contribution in [3.8, 4) is 0 Å². The Bertz CT molecular complexity index is 1390. The molecule has 0 spiro atoms. The van der Waals surface area contributed by atoms with E-state index in [4.69, 9.17) is 37.9 Å². The summed E-state index contributed by atoms with van der Waals surface area (Å²) < 4.78 is 45.0. The lowest BCUT2D eigenvalue weighted by molar-refractivity contribution is -0.139. The predicted molar refractivity (Wildman–Crippen MR) is 192 cm³/mol. The topological polar surface area (TPSA) is 108 Å². The molecule has 0 aliphatic carbocycles. The SMILES string of the molecule is O=C(OCCOCCOCCOCCOCCOCCOCCOC(c1ccccc1)(c1ccccc1)c1ccccc1)C(=O)c1ccccc1. The number of hydrogen-bond donors (Lipinski definition) is 0. The van der Waals surface area contributed by atoms with Crippen molar-refractivity contribution in [2.75, 3.05) is 92.5 Å². The van der Waals surface area contributed by atoms with Crippen LogP contribution in [0.3, 0.4) is 0 Å². The number of carbonyl (C=O) groups is 2. The van der Waals surface area contributed by atoms with Crippen molar-refractivity contribution in [1.29, 1.82) is 0 Å². The molecule has 0 aliphatic rings. The molecule has 10 nitrogen and oxygen atoms in total. The molecule has 0 unspecified atom stereocenters. The first kappa shape index (κ1) is 39.5. The third-order valence-electron chi connectivity index (χ3n) is 7.63. The maximum Gasteiger partial charge on any atom is 0.379 e. The van der Waals surface area contributed by atoms with E-state index in [9.17, 15) is 9.59 Å². The van der Waals surface area contributed by atoms with E-state index in [2.05, 4.69) is 36.4 Å². The molecule has 4 rings (SSSR count). The van der Waals surface area contributed by atoms with Crippen LogP contribution in [0.4, 0.5) is 0 Å². The first-order valence-corrected chi connectivity index (χ1v) is 17.3. The Morgan fingerprint density at radius 3 is 1.02 bits per heavy atom. The van der Waals surface area contributed by atoms with Gasteiger partial charge in [-0.2, -0.15) is 0 Å². The fourth-order valence-electron chi connectivity index (χ4n) is 5.19. The van der Waals surface area contributed by atoms with E-state index in [1.807, 2.05) is 54.6 Å². The van der Waals surface area contributed by atoms with Gasteiger partial charge in [-0.15, -0.1) is 0 Å². The van der Waals surface area contributed by atoms with Gasteiger partial charge in [0.25, 0.3) is 5.78 Å². The molecule has 0 heterocycles. The Morgan fingerprint density at radius 2 is 0.667 bits per heavy atom. The van der Waals surface area contributed by atoms with Crippen LogP contribution in [0.15, 0.2) is 121 Å². The van der Waals surface area contributed by atoms with Gasteiger partial charge in [-0.3, -0.25) is 4.79 Å². The molecule has 0 bridgehead atoms. The van der Waals surface area contributed by atoms with Crippen LogP contribution in [-0.4, -0.2) is 104 Å². The summed E-state index contributed by atoms with van der Waals surface area (Å²) in [4.78, 5) is 23.7. The van der Waals surface area contributed by atoms with Crippen molar-refractivity contribution in [1.82, 2.24) is 0 Å². The van der Waals surface area contributed by atoms with Crippen LogP contribution >= 0.6 is 0 Å². The Labute approximate surface area is 300 Å². The molecule has 0 atom stereocenters. The third-order valence-corrected chi connectivity index (χ3v) is 7.63. The summed E-state index contributed by atoms with van der Waals surface area (Å²) in [5.74, 6) is -1.57. The minimum atomic E-state index is -0.896. The molecule has 0 amide bonds. The van der Waals surface area contributed by atoms with Crippen molar-refractivity contribution in [3.05, 3.63) is 144 Å². The molecule has 272 valence electrons. The number of esters is 1. The Hall–Kier alpha value is -4.26. The minimum Gasteiger partial charge on any atom is -0.457 e. The predicted octanol–water partition coefficient (Wildman–Crippen LogP) is 5.52. The Balaban J connectivity index is 0.954. The molecule has 0 saturated heterocycles. The van der Waals surface area contributed by atoms with E-state index in [-0.39, 0.29) is 13.2 Å². The van der Waals surface area contributed by atoms with E-state index in [0.717, 1.165) is 16.7 Å². The quantitative estimate of drug-likeness (QED) is 0.0260. The van der Waals surface area contributed by atoms with E-state index < -0.39 is 17.4 Å². The number of rotatable bonds is 27. The van der Waals surface area contributed by atoms with Gasteiger partial charge in [-0.1, -0.05) is 121 Å². The first-order chi connectivity index (χ1) is 25.2. The van der Waals surface area contributed by atoms with Crippen LogP contribution in [0.5, 0.6) is 0 Å². The Kier molecular flexibility index (Phi) is 18.6. The summed E-state index contributed by atoms with van der Waals surface area (Å²) >= 11 is 0. The lowest BCUT2D eigenvalue weighted by Gasteiger charge is -2.36. The molecule has 0 aliphatic heterocycles. The van der Waals surface area contributed by atoms with Gasteiger partial charge in [-0.25, -0.2) is 4.79 Å². The second-order valence-corrected chi connectivity index (χ2v) is 11.1. The summed E-state index contributed by atoms with van der Waals surface area (Å²) in [6.07, 6.45) is 0. The normalized spacial score (nSPS) is 11.4. The molecule has 4 aromatic carbocycles. The van der Waals surface area contributed by atoms with E-state index in [1.54, 1.807) is 30.3 Å². The number of ether oxygens (including phenoxy) is 8. The summed E-state index contributed by atoms with van der Waals surface area (Å²) in [6.45, 7) is 5.32. The fourth-order valence-corrected chi connectivity index (χ4v) is 5.19. The van der Waals surface area contributed by atoms with Crippen molar-refractivity contribution >= 4 is 11.8 Å². The summed E-state index contributed by atoms with van der Waals surface area (Å²) in [5.41, 5.74) is 2.70. The van der Waals surface area contributed by atoms with Crippen LogP contribution in [-0.2, 0) is 48.3 Å². The molecule has 0 N–H and O–H groups in total. The number of benzene rings is 4. The number of carbonyl (C=O) groups excluding carboxylic acids is 2. The van der Waals surface area contributed by atoms with E-state index >= 15 is 0 Å². The number of ketones is 1. The monoisotopic (exact) mass is 700 g/mol. The molecule has 51 heavy (non-hydrogen) atoms. The molecule has 4 aromatic rings. The van der Waals surface area contributed by atoms with Gasteiger partial charge < -0.3 is 37.9 Å². The molecule has 10 heteroatoms. The lowest BCUT2D eigenvalue weighted by Crippen LogP contribution is -2.34. The maximum absolute atomic E-state index is 11.9. The zero-order valence-electron chi connectivity index (χ0n) is 29.0. The highest BCUT2D eigenvalue weighted by atomic mass is 16.6. The molecule has 0 radical (unpaired) electrons. The van der Waals surface area contributed by atoms with Gasteiger partial charge in [0.05, 0.1) is 85.9 Å². The van der Waals surface area contributed by atoms with Gasteiger partial charge in [-0.05, 0) is 16.7 Å². The van der Waals surface area contributed by atoms with Gasteiger partial charge in [0.2, 0.25) is 0 Å². The number of hydrogen-bond acceptors (Lipinski definition) is 10. The highest BCUT2D eigenvalue weighted by Gasteiger charge is 2.37. The van der Waals surface area contributed by atoms with E-state index in [0.29, 0.717) is 84.8 Å². The molecule has 0 fully saturated rings. The van der Waals surface area contributed by atoms with Gasteiger partial charge >= 0.3 is 5.97 Å². The first-order valence-electron chi connectivity index (χ1n) is 17.3. The molecular weight excluding hydrogens is 652 g/mol. The van der Waals surface area contributed by atoms with Crippen LogP contribution in [0.2, 0.25) is 0 Å². The number of Topliss-reactive ketones (excluding diaryl/α,β-unsaturated/α-hetero) is 1. The molecule has 0 aromatic heterocycles. The van der Waals surface area contributed by atoms with Gasteiger partial charge in [0.1, 0.15) is 12.2 Å². The average Bonchev–Trinajstić information content (AvgIpc) is 3.19. The maximum atomic E-state index is 11.9. The highest BCUT2D eigenvalue weighted by Crippen LogP contribution is 2.40. The second-order valence-electron chi connectivity index (χ2n) is 11.1. The smallest absolute Gasteiger partial charge is 0.379 e. The van der Waals surface area contributed by atoms with Gasteiger partial charge in [0, 0.05) is 5.56 Å². The van der Waals surface area contributed by atoms with Gasteiger partial charge in [0.15, 0.2) is 0 Å².